The van der Waals surface area contributed by atoms with E-state index in [1.807, 2.05) is 0 Å². The number of allylic oxidation sites excluding steroid dienone is 4. The molecular formula is C18H30. The van der Waals surface area contributed by atoms with Crippen LogP contribution in [-0.4, -0.2) is 0 Å². The van der Waals surface area contributed by atoms with E-state index in [-0.39, 0.29) is 0 Å². The molecule has 0 amide bonds. The third kappa shape index (κ3) is 2.90. The first-order valence-electron chi connectivity index (χ1n) is 7.98. The monoisotopic (exact) mass is 246 g/mol. The molecule has 0 bridgehead atoms. The summed E-state index contributed by atoms with van der Waals surface area (Å²) in [6, 6.07) is 0. The summed E-state index contributed by atoms with van der Waals surface area (Å²) in [7, 11) is 0. The Bertz CT molecular complexity index is 319. The van der Waals surface area contributed by atoms with Gasteiger partial charge in [0.05, 0.1) is 0 Å². The van der Waals surface area contributed by atoms with E-state index in [1.165, 1.54) is 32.1 Å². The second-order valence-corrected chi connectivity index (χ2v) is 6.98. The average Bonchev–Trinajstić information content (AvgIpc) is 2.69. The molecule has 1 saturated carbocycles. The van der Waals surface area contributed by atoms with Gasteiger partial charge < -0.3 is 0 Å². The van der Waals surface area contributed by atoms with Crippen LogP contribution in [0, 0.1) is 29.6 Å². The number of hydrogen-bond acceptors (Lipinski definition) is 0. The van der Waals surface area contributed by atoms with Crippen LogP contribution in [0.3, 0.4) is 0 Å². The lowest BCUT2D eigenvalue weighted by Gasteiger charge is -2.24. The van der Waals surface area contributed by atoms with Crippen molar-refractivity contribution in [3.05, 3.63) is 23.8 Å². The largest absolute Gasteiger partial charge is 0.0845 e. The molecule has 0 heterocycles. The van der Waals surface area contributed by atoms with Crippen LogP contribution >= 0.6 is 0 Å². The molecule has 2 aliphatic rings. The van der Waals surface area contributed by atoms with E-state index >= 15 is 0 Å². The van der Waals surface area contributed by atoms with Crippen LogP contribution in [0.1, 0.15) is 59.8 Å². The Morgan fingerprint density at radius 1 is 1.06 bits per heavy atom. The van der Waals surface area contributed by atoms with Crippen LogP contribution in [0.2, 0.25) is 0 Å². The molecule has 18 heavy (non-hydrogen) atoms. The fourth-order valence-corrected chi connectivity index (χ4v) is 4.04. The number of rotatable bonds is 2. The fraction of sp³-hybridized carbons (Fsp3) is 0.778. The van der Waals surface area contributed by atoms with Crippen molar-refractivity contribution in [2.24, 2.45) is 29.6 Å². The van der Waals surface area contributed by atoms with Gasteiger partial charge in [0.1, 0.15) is 0 Å². The molecule has 2 aliphatic carbocycles. The molecule has 2 rings (SSSR count). The minimum absolute atomic E-state index is 0.802. The lowest BCUT2D eigenvalue weighted by molar-refractivity contribution is 0.284. The van der Waals surface area contributed by atoms with Gasteiger partial charge in [-0.1, -0.05) is 57.9 Å². The highest BCUT2D eigenvalue weighted by atomic mass is 14.4. The number of hydrogen-bond donors (Lipinski definition) is 0. The molecule has 0 heteroatoms. The third-order valence-corrected chi connectivity index (χ3v) is 5.12. The molecular weight excluding hydrogens is 216 g/mol. The summed E-state index contributed by atoms with van der Waals surface area (Å²) in [5.41, 5.74) is 1.78. The van der Waals surface area contributed by atoms with Crippen LogP contribution in [0.4, 0.5) is 0 Å². The molecule has 0 aromatic carbocycles. The summed E-state index contributed by atoms with van der Waals surface area (Å²) in [5, 5.41) is 0. The first kappa shape index (κ1) is 13.9. The van der Waals surface area contributed by atoms with Crippen molar-refractivity contribution < 1.29 is 0 Å². The highest BCUT2D eigenvalue weighted by Crippen LogP contribution is 2.49. The van der Waals surface area contributed by atoms with Gasteiger partial charge in [0.15, 0.2) is 0 Å². The average molecular weight is 246 g/mol. The maximum atomic E-state index is 2.48. The normalized spacial score (nSPS) is 37.7. The van der Waals surface area contributed by atoms with Crippen molar-refractivity contribution >= 4 is 0 Å². The van der Waals surface area contributed by atoms with Crippen LogP contribution < -0.4 is 0 Å². The predicted molar refractivity (Wildman–Crippen MR) is 80.5 cm³/mol. The lowest BCUT2D eigenvalue weighted by atomic mass is 9.81. The van der Waals surface area contributed by atoms with E-state index in [0.29, 0.717) is 0 Å². The van der Waals surface area contributed by atoms with E-state index in [4.69, 9.17) is 0 Å². The topological polar surface area (TPSA) is 0 Å². The number of fused-ring (bicyclic) bond motifs is 1. The van der Waals surface area contributed by atoms with Gasteiger partial charge in [0.2, 0.25) is 0 Å². The summed E-state index contributed by atoms with van der Waals surface area (Å²) in [4.78, 5) is 0. The van der Waals surface area contributed by atoms with Crippen molar-refractivity contribution in [2.45, 2.75) is 59.8 Å². The van der Waals surface area contributed by atoms with Crippen molar-refractivity contribution in [3.8, 4) is 0 Å². The first-order valence-corrected chi connectivity index (χ1v) is 7.98. The molecule has 0 nitrogen and oxygen atoms in total. The molecule has 3 unspecified atom stereocenters. The highest BCUT2D eigenvalue weighted by Gasteiger charge is 2.40. The second kappa shape index (κ2) is 6.08. The van der Waals surface area contributed by atoms with E-state index in [2.05, 4.69) is 45.9 Å². The van der Waals surface area contributed by atoms with Crippen LogP contribution in [0.15, 0.2) is 23.8 Å². The smallest absolute Gasteiger partial charge is 0.0166 e. The molecule has 0 N–H and O–H groups in total. The molecule has 1 fully saturated rings. The summed E-state index contributed by atoms with van der Waals surface area (Å²) < 4.78 is 0. The SMILES string of the molecule is CC(C)C1CC(C(C)C)C2CCCC/C=C/C=C/12. The quantitative estimate of drug-likeness (QED) is 0.594. The van der Waals surface area contributed by atoms with Gasteiger partial charge in [-0.2, -0.15) is 0 Å². The molecule has 0 aliphatic heterocycles. The van der Waals surface area contributed by atoms with Gasteiger partial charge >= 0.3 is 0 Å². The zero-order valence-electron chi connectivity index (χ0n) is 12.7. The van der Waals surface area contributed by atoms with Crippen LogP contribution in [0.25, 0.3) is 0 Å². The summed E-state index contributed by atoms with van der Waals surface area (Å²) in [5.74, 6) is 4.28. The molecule has 0 saturated heterocycles. The standard InChI is InChI=1S/C18H30/c1-13(2)17-12-18(14(3)4)16-11-9-7-5-6-8-10-15(16)17/h6,8,10,13-14,16-18H,5,7,9,11-12H2,1-4H3/b8-6+,15-10+. The maximum absolute atomic E-state index is 2.48. The molecule has 0 radical (unpaired) electrons. The molecule has 0 spiro atoms. The Kier molecular flexibility index (Phi) is 4.70. The van der Waals surface area contributed by atoms with E-state index in [1.54, 1.807) is 5.57 Å². The van der Waals surface area contributed by atoms with Crippen LogP contribution in [-0.2, 0) is 0 Å². The van der Waals surface area contributed by atoms with Crippen molar-refractivity contribution in [3.63, 3.8) is 0 Å². The van der Waals surface area contributed by atoms with Gasteiger partial charge in [-0.3, -0.25) is 0 Å². The Balaban J connectivity index is 2.27. The minimum Gasteiger partial charge on any atom is -0.0845 e. The summed E-state index contributed by atoms with van der Waals surface area (Å²) >= 11 is 0. The lowest BCUT2D eigenvalue weighted by Crippen LogP contribution is -2.15. The molecule has 102 valence electrons. The zero-order chi connectivity index (χ0) is 13.1. The zero-order valence-corrected chi connectivity index (χ0v) is 12.7. The first-order chi connectivity index (χ1) is 8.61. The van der Waals surface area contributed by atoms with Crippen molar-refractivity contribution in [2.75, 3.05) is 0 Å². The molecule has 3 atom stereocenters. The van der Waals surface area contributed by atoms with Gasteiger partial charge in [0, 0.05) is 0 Å². The Hall–Kier alpha value is -0.520. The molecule has 0 aromatic rings. The van der Waals surface area contributed by atoms with Gasteiger partial charge in [-0.25, -0.2) is 0 Å². The Morgan fingerprint density at radius 2 is 1.83 bits per heavy atom. The van der Waals surface area contributed by atoms with Crippen molar-refractivity contribution in [1.29, 1.82) is 0 Å². The fourth-order valence-electron chi connectivity index (χ4n) is 4.04. The van der Waals surface area contributed by atoms with Crippen molar-refractivity contribution in [1.82, 2.24) is 0 Å². The predicted octanol–water partition coefficient (Wildman–Crippen LogP) is 5.61. The van der Waals surface area contributed by atoms with Crippen LogP contribution in [0.5, 0.6) is 0 Å². The third-order valence-electron chi connectivity index (χ3n) is 5.12. The van der Waals surface area contributed by atoms with E-state index in [0.717, 1.165) is 29.6 Å². The second-order valence-electron chi connectivity index (χ2n) is 6.98. The highest BCUT2D eigenvalue weighted by molar-refractivity contribution is 5.24. The Labute approximate surface area is 114 Å². The summed E-state index contributed by atoms with van der Waals surface area (Å²) in [6.07, 6.45) is 14.1. The van der Waals surface area contributed by atoms with E-state index < -0.39 is 0 Å². The molecule has 0 aromatic heterocycles. The van der Waals surface area contributed by atoms with Gasteiger partial charge in [-0.15, -0.1) is 0 Å². The van der Waals surface area contributed by atoms with Gasteiger partial charge in [-0.05, 0) is 55.3 Å². The maximum Gasteiger partial charge on any atom is -0.0166 e. The summed E-state index contributed by atoms with van der Waals surface area (Å²) in [6.45, 7) is 9.66. The van der Waals surface area contributed by atoms with Gasteiger partial charge in [0.25, 0.3) is 0 Å². The minimum atomic E-state index is 0.802. The van der Waals surface area contributed by atoms with E-state index in [9.17, 15) is 0 Å². The Morgan fingerprint density at radius 3 is 2.50 bits per heavy atom.